The Kier molecular flexibility index (Phi) is 5.37. The molecule has 6 heteroatoms. The molecule has 6 nitrogen and oxygen atoms in total. The molecule has 0 radical (unpaired) electrons. The molecule has 0 bridgehead atoms. The van der Waals surface area contributed by atoms with E-state index < -0.39 is 5.60 Å². The molecule has 0 aromatic carbocycles. The third-order valence-electron chi connectivity index (χ3n) is 6.46. The predicted octanol–water partition coefficient (Wildman–Crippen LogP) is 1.67. The Morgan fingerprint density at radius 3 is 2.59 bits per heavy atom. The zero-order chi connectivity index (χ0) is 18.9. The molecular weight excluding hydrogens is 340 g/mol. The molecule has 1 N–H and O–H groups in total. The molecular formula is C21H32N4O2. The number of hydrogen-bond acceptors (Lipinski definition) is 5. The van der Waals surface area contributed by atoms with Crippen LogP contribution in [0.5, 0.6) is 0 Å². The molecule has 1 aliphatic carbocycles. The van der Waals surface area contributed by atoms with Crippen LogP contribution in [0.3, 0.4) is 0 Å². The summed E-state index contributed by atoms with van der Waals surface area (Å²) in [6, 6.07) is 6.11. The standard InChI is InChI=1S/C21H32N4O2/c1-17-5-2-8-19(22-17)24-13-11-23(12-14-24)16-21(27)9-4-10-25(20(21)26)15-18-6-3-7-18/h2,5,8,18,27H,3-4,6-7,9-16H2,1H3/t21-/m1/s1. The van der Waals surface area contributed by atoms with Crippen molar-refractivity contribution in [3.63, 3.8) is 0 Å². The number of piperazine rings is 1. The van der Waals surface area contributed by atoms with Gasteiger partial charge >= 0.3 is 0 Å². The van der Waals surface area contributed by atoms with Crippen molar-refractivity contribution in [2.75, 3.05) is 50.7 Å². The topological polar surface area (TPSA) is 59.9 Å². The van der Waals surface area contributed by atoms with E-state index >= 15 is 0 Å². The number of nitrogens with zero attached hydrogens (tertiary/aromatic N) is 4. The number of aryl methyl sites for hydroxylation is 1. The Morgan fingerprint density at radius 2 is 1.93 bits per heavy atom. The molecule has 2 saturated heterocycles. The van der Waals surface area contributed by atoms with Crippen molar-refractivity contribution in [3.05, 3.63) is 23.9 Å². The summed E-state index contributed by atoms with van der Waals surface area (Å²) in [6.07, 6.45) is 5.25. The fraction of sp³-hybridized carbons (Fsp3) is 0.714. The molecule has 1 amide bonds. The number of amides is 1. The normalized spacial score (nSPS) is 27.7. The number of rotatable bonds is 5. The van der Waals surface area contributed by atoms with Crippen LogP contribution >= 0.6 is 0 Å². The lowest BCUT2D eigenvalue weighted by atomic mass is 9.83. The molecule has 1 saturated carbocycles. The van der Waals surface area contributed by atoms with Crippen molar-refractivity contribution in [1.29, 1.82) is 0 Å². The molecule has 3 aliphatic rings. The highest BCUT2D eigenvalue weighted by atomic mass is 16.3. The van der Waals surface area contributed by atoms with E-state index in [-0.39, 0.29) is 5.91 Å². The predicted molar refractivity (Wildman–Crippen MR) is 106 cm³/mol. The van der Waals surface area contributed by atoms with Crippen LogP contribution in [0.15, 0.2) is 18.2 Å². The SMILES string of the molecule is Cc1cccc(N2CCN(C[C@]3(O)CCCN(CC4CCC4)C3=O)CC2)n1. The maximum atomic E-state index is 12.9. The monoisotopic (exact) mass is 372 g/mol. The third-order valence-corrected chi connectivity index (χ3v) is 6.46. The number of carbonyl (C=O) groups is 1. The molecule has 2 aliphatic heterocycles. The smallest absolute Gasteiger partial charge is 0.255 e. The van der Waals surface area contributed by atoms with E-state index in [2.05, 4.69) is 20.9 Å². The van der Waals surface area contributed by atoms with Gasteiger partial charge in [-0.15, -0.1) is 0 Å². The van der Waals surface area contributed by atoms with Crippen LogP contribution in [-0.2, 0) is 4.79 Å². The van der Waals surface area contributed by atoms with Crippen molar-refractivity contribution < 1.29 is 9.90 Å². The summed E-state index contributed by atoms with van der Waals surface area (Å²) in [5.41, 5.74) is -0.172. The number of hydrogen-bond donors (Lipinski definition) is 1. The first-order valence-corrected chi connectivity index (χ1v) is 10.5. The van der Waals surface area contributed by atoms with Crippen molar-refractivity contribution in [3.8, 4) is 0 Å². The zero-order valence-electron chi connectivity index (χ0n) is 16.4. The second-order valence-electron chi connectivity index (χ2n) is 8.58. The molecule has 3 heterocycles. The summed E-state index contributed by atoms with van der Waals surface area (Å²) >= 11 is 0. The second-order valence-corrected chi connectivity index (χ2v) is 8.58. The summed E-state index contributed by atoms with van der Waals surface area (Å²) in [6.45, 7) is 7.60. The van der Waals surface area contributed by atoms with Crippen molar-refractivity contribution >= 4 is 11.7 Å². The van der Waals surface area contributed by atoms with Crippen LogP contribution in [-0.4, -0.2) is 77.2 Å². The number of likely N-dealkylation sites (tertiary alicyclic amines) is 1. The second kappa shape index (κ2) is 7.76. The van der Waals surface area contributed by atoms with E-state index in [4.69, 9.17) is 0 Å². The summed E-state index contributed by atoms with van der Waals surface area (Å²) in [5, 5.41) is 11.1. The fourth-order valence-electron chi connectivity index (χ4n) is 4.58. The first kappa shape index (κ1) is 18.7. The van der Waals surface area contributed by atoms with Crippen LogP contribution in [0.25, 0.3) is 0 Å². The highest BCUT2D eigenvalue weighted by Gasteiger charge is 2.44. The van der Waals surface area contributed by atoms with Crippen LogP contribution in [0, 0.1) is 12.8 Å². The van der Waals surface area contributed by atoms with Crippen LogP contribution < -0.4 is 4.90 Å². The lowest BCUT2D eigenvalue weighted by Crippen LogP contribution is -2.61. The molecule has 148 valence electrons. The minimum atomic E-state index is -1.20. The molecule has 1 aromatic heterocycles. The Bertz CT molecular complexity index is 670. The number of pyridine rings is 1. The van der Waals surface area contributed by atoms with Gasteiger partial charge in [0.1, 0.15) is 5.82 Å². The van der Waals surface area contributed by atoms with Gasteiger partial charge in [0.05, 0.1) is 0 Å². The maximum Gasteiger partial charge on any atom is 0.255 e. The van der Waals surface area contributed by atoms with Gasteiger partial charge in [0.2, 0.25) is 0 Å². The van der Waals surface area contributed by atoms with E-state index in [1.807, 2.05) is 24.0 Å². The van der Waals surface area contributed by atoms with Crippen molar-refractivity contribution in [2.45, 2.75) is 44.6 Å². The van der Waals surface area contributed by atoms with Gasteiger partial charge in [-0.2, -0.15) is 0 Å². The largest absolute Gasteiger partial charge is 0.379 e. The van der Waals surface area contributed by atoms with Crippen LogP contribution in [0.4, 0.5) is 5.82 Å². The third kappa shape index (κ3) is 4.11. The Morgan fingerprint density at radius 1 is 1.15 bits per heavy atom. The lowest BCUT2D eigenvalue weighted by molar-refractivity contribution is -0.160. The number of β-amino-alcohol motifs (C(OH)–C–C–N with tert-alkyl or cyclic N) is 1. The van der Waals surface area contributed by atoms with Gasteiger partial charge < -0.3 is 14.9 Å². The van der Waals surface area contributed by atoms with E-state index in [1.165, 1.54) is 19.3 Å². The number of aliphatic hydroxyl groups is 1. The van der Waals surface area contributed by atoms with Gasteiger partial charge in [-0.25, -0.2) is 4.98 Å². The minimum absolute atomic E-state index is 0.0385. The Hall–Kier alpha value is -1.66. The molecule has 27 heavy (non-hydrogen) atoms. The quantitative estimate of drug-likeness (QED) is 0.852. The highest BCUT2D eigenvalue weighted by Crippen LogP contribution is 2.31. The average Bonchev–Trinajstić information content (AvgIpc) is 2.62. The zero-order valence-corrected chi connectivity index (χ0v) is 16.4. The molecule has 0 spiro atoms. The first-order valence-electron chi connectivity index (χ1n) is 10.5. The highest BCUT2D eigenvalue weighted by molar-refractivity contribution is 5.86. The van der Waals surface area contributed by atoms with Gasteiger partial charge in [0.25, 0.3) is 5.91 Å². The van der Waals surface area contributed by atoms with Crippen LogP contribution in [0.1, 0.15) is 37.8 Å². The van der Waals surface area contributed by atoms with Gasteiger partial charge in [0.15, 0.2) is 5.60 Å². The molecule has 3 fully saturated rings. The van der Waals surface area contributed by atoms with E-state index in [0.29, 0.717) is 18.9 Å². The average molecular weight is 373 g/mol. The van der Waals surface area contributed by atoms with Crippen molar-refractivity contribution in [2.24, 2.45) is 5.92 Å². The summed E-state index contributed by atoms with van der Waals surface area (Å²) < 4.78 is 0. The number of anilines is 1. The molecule has 4 rings (SSSR count). The molecule has 1 aromatic rings. The van der Waals surface area contributed by atoms with Gasteiger partial charge in [-0.1, -0.05) is 12.5 Å². The van der Waals surface area contributed by atoms with E-state index in [1.54, 1.807) is 0 Å². The summed E-state index contributed by atoms with van der Waals surface area (Å²) in [7, 11) is 0. The van der Waals surface area contributed by atoms with Gasteiger partial charge in [-0.05, 0) is 50.7 Å². The fourth-order valence-corrected chi connectivity index (χ4v) is 4.58. The first-order chi connectivity index (χ1) is 13.0. The number of piperidine rings is 1. The molecule has 1 atom stereocenters. The number of aromatic nitrogens is 1. The Balaban J connectivity index is 1.32. The van der Waals surface area contributed by atoms with Gasteiger partial charge in [-0.3, -0.25) is 9.69 Å². The van der Waals surface area contributed by atoms with E-state index in [0.717, 1.165) is 57.2 Å². The summed E-state index contributed by atoms with van der Waals surface area (Å²) in [5.74, 6) is 1.64. The maximum absolute atomic E-state index is 12.9. The number of carbonyl (C=O) groups excluding carboxylic acids is 1. The molecule has 0 unspecified atom stereocenters. The van der Waals surface area contributed by atoms with E-state index in [9.17, 15) is 9.90 Å². The lowest BCUT2D eigenvalue weighted by Gasteiger charge is -2.44. The Labute approximate surface area is 162 Å². The van der Waals surface area contributed by atoms with Crippen LogP contribution in [0.2, 0.25) is 0 Å². The van der Waals surface area contributed by atoms with Gasteiger partial charge in [0, 0.05) is 51.5 Å². The minimum Gasteiger partial charge on any atom is -0.379 e. The summed E-state index contributed by atoms with van der Waals surface area (Å²) in [4.78, 5) is 24.0. The van der Waals surface area contributed by atoms with Crippen molar-refractivity contribution in [1.82, 2.24) is 14.8 Å².